The molecule has 6 heteroatoms. The van der Waals surface area contributed by atoms with Crippen LogP contribution in [-0.2, 0) is 4.79 Å². The number of hydrogen-bond donors (Lipinski definition) is 1. The van der Waals surface area contributed by atoms with Crippen molar-refractivity contribution in [1.82, 2.24) is 10.9 Å². The molecule has 1 radical (unpaired) electrons. The standard InChI is InChI=1S/C8H14N3OS2/c1-3-5-6(12)9-7-10-11-8(14-7)13-4-2/h8,11H,3-5H2,1-2H3. The van der Waals surface area contributed by atoms with Crippen molar-refractivity contribution < 1.29 is 4.79 Å². The predicted octanol–water partition coefficient (Wildman–Crippen LogP) is 1.56. The second kappa shape index (κ2) is 6.31. The molecule has 4 nitrogen and oxygen atoms in total. The minimum Gasteiger partial charge on any atom is -0.273 e. The summed E-state index contributed by atoms with van der Waals surface area (Å²) in [4.78, 5) is 15.1. The van der Waals surface area contributed by atoms with Gasteiger partial charge in [-0.15, -0.1) is 11.8 Å². The van der Waals surface area contributed by atoms with Gasteiger partial charge in [0.1, 0.15) is 4.71 Å². The van der Waals surface area contributed by atoms with Crippen LogP contribution in [0.3, 0.4) is 0 Å². The Labute approximate surface area is 92.7 Å². The van der Waals surface area contributed by atoms with E-state index < -0.39 is 0 Å². The lowest BCUT2D eigenvalue weighted by Gasteiger charge is -2.01. The van der Waals surface area contributed by atoms with Crippen LogP contribution in [0.4, 0.5) is 0 Å². The molecule has 0 aliphatic carbocycles. The first kappa shape index (κ1) is 11.9. The maximum absolute atomic E-state index is 11.2. The van der Waals surface area contributed by atoms with Crippen LogP contribution in [0, 0.1) is 0 Å². The van der Waals surface area contributed by atoms with Crippen molar-refractivity contribution >= 4 is 34.6 Å². The van der Waals surface area contributed by atoms with Crippen molar-refractivity contribution in [3.8, 4) is 0 Å². The smallest absolute Gasteiger partial charge is 0.248 e. The summed E-state index contributed by atoms with van der Waals surface area (Å²) >= 11 is 3.25. The van der Waals surface area contributed by atoms with E-state index in [9.17, 15) is 4.79 Å². The Balaban J connectivity index is 2.36. The van der Waals surface area contributed by atoms with Crippen LogP contribution >= 0.6 is 23.5 Å². The van der Waals surface area contributed by atoms with Crippen molar-refractivity contribution in [1.29, 1.82) is 0 Å². The molecule has 0 aromatic carbocycles. The zero-order valence-electron chi connectivity index (χ0n) is 8.32. The summed E-state index contributed by atoms with van der Waals surface area (Å²) in [6, 6.07) is 0. The molecular weight excluding hydrogens is 218 g/mol. The molecule has 0 bridgehead atoms. The van der Waals surface area contributed by atoms with Gasteiger partial charge < -0.3 is 0 Å². The lowest BCUT2D eigenvalue weighted by Crippen LogP contribution is -2.23. The fourth-order valence-corrected chi connectivity index (χ4v) is 2.83. The molecule has 1 saturated heterocycles. The topological polar surface area (TPSA) is 55.6 Å². The fraction of sp³-hybridized carbons (Fsp3) is 0.750. The Morgan fingerprint density at radius 2 is 2.50 bits per heavy atom. The average Bonchev–Trinajstić information content (AvgIpc) is 2.53. The van der Waals surface area contributed by atoms with Crippen LogP contribution in [0.5, 0.6) is 0 Å². The van der Waals surface area contributed by atoms with Crippen LogP contribution in [0.15, 0.2) is 4.99 Å². The van der Waals surface area contributed by atoms with E-state index in [1.165, 1.54) is 11.8 Å². The summed E-state index contributed by atoms with van der Waals surface area (Å²) in [6.07, 6.45) is 1.34. The van der Waals surface area contributed by atoms with E-state index >= 15 is 0 Å². The van der Waals surface area contributed by atoms with Gasteiger partial charge in [-0.1, -0.05) is 25.6 Å². The van der Waals surface area contributed by atoms with E-state index in [-0.39, 0.29) is 10.6 Å². The largest absolute Gasteiger partial charge is 0.273 e. The van der Waals surface area contributed by atoms with Crippen molar-refractivity contribution in [3.05, 3.63) is 0 Å². The molecule has 1 heterocycles. The molecule has 0 spiro atoms. The number of aliphatic imine (C=N–C) groups is 1. The van der Waals surface area contributed by atoms with Crippen LogP contribution in [0.1, 0.15) is 26.7 Å². The van der Waals surface area contributed by atoms with Crippen molar-refractivity contribution in [3.63, 3.8) is 0 Å². The number of rotatable bonds is 4. The summed E-state index contributed by atoms with van der Waals surface area (Å²) in [5.74, 6) is 0.943. The highest BCUT2D eigenvalue weighted by molar-refractivity contribution is 8.25. The number of carbonyl (C=O) groups excluding carboxylic acids is 1. The van der Waals surface area contributed by atoms with Gasteiger partial charge in [0.25, 0.3) is 0 Å². The number of nitrogens with zero attached hydrogens (tertiary/aromatic N) is 2. The third kappa shape index (κ3) is 3.89. The Hall–Kier alpha value is -0.200. The summed E-state index contributed by atoms with van der Waals surface area (Å²) in [5.41, 5.74) is 6.90. The molecule has 14 heavy (non-hydrogen) atoms. The van der Waals surface area contributed by atoms with Crippen molar-refractivity contribution in [2.24, 2.45) is 4.99 Å². The maximum Gasteiger partial charge on any atom is 0.248 e. The Kier molecular flexibility index (Phi) is 5.36. The third-order valence-corrected chi connectivity index (χ3v) is 3.63. The molecule has 0 aromatic rings. The summed E-state index contributed by atoms with van der Waals surface area (Å²) < 4.78 is 0.216. The normalized spacial score (nSPS) is 23.9. The molecule has 1 atom stereocenters. The second-order valence-corrected chi connectivity index (χ2v) is 5.44. The Morgan fingerprint density at radius 1 is 1.71 bits per heavy atom. The predicted molar refractivity (Wildman–Crippen MR) is 62.1 cm³/mol. The lowest BCUT2D eigenvalue weighted by molar-refractivity contribution is -0.117. The van der Waals surface area contributed by atoms with E-state index in [0.29, 0.717) is 11.6 Å². The van der Waals surface area contributed by atoms with Gasteiger partial charge in [-0.3, -0.25) is 4.79 Å². The number of nitrogens with one attached hydrogen (secondary N) is 1. The van der Waals surface area contributed by atoms with E-state index in [2.05, 4.69) is 22.8 Å². The van der Waals surface area contributed by atoms with Crippen LogP contribution in [0.25, 0.3) is 0 Å². The molecule has 79 valence electrons. The van der Waals surface area contributed by atoms with E-state index in [1.54, 1.807) is 11.8 Å². The van der Waals surface area contributed by atoms with Crippen LogP contribution in [0.2, 0.25) is 0 Å². The summed E-state index contributed by atoms with van der Waals surface area (Å²) in [5, 5.41) is 0.564. The average molecular weight is 232 g/mol. The lowest BCUT2D eigenvalue weighted by atomic mass is 10.3. The highest BCUT2D eigenvalue weighted by Crippen LogP contribution is 2.25. The molecule has 0 aromatic heterocycles. The number of thioether (sulfide) groups is 2. The van der Waals surface area contributed by atoms with E-state index in [0.717, 1.165) is 12.2 Å². The minimum absolute atomic E-state index is 0.0808. The highest BCUT2D eigenvalue weighted by Gasteiger charge is 2.22. The van der Waals surface area contributed by atoms with Crippen molar-refractivity contribution in [2.45, 2.75) is 31.4 Å². The highest BCUT2D eigenvalue weighted by atomic mass is 32.2. The van der Waals surface area contributed by atoms with Gasteiger partial charge >= 0.3 is 0 Å². The molecule has 1 N–H and O–H groups in total. The van der Waals surface area contributed by atoms with Gasteiger partial charge in [0.05, 0.1) is 0 Å². The molecule has 0 saturated carbocycles. The first-order chi connectivity index (χ1) is 6.76. The first-order valence-electron chi connectivity index (χ1n) is 4.62. The van der Waals surface area contributed by atoms with Crippen molar-refractivity contribution in [2.75, 3.05) is 5.75 Å². The Morgan fingerprint density at radius 3 is 3.14 bits per heavy atom. The molecular formula is C8H14N3OS2. The number of amides is 1. The monoisotopic (exact) mass is 232 g/mol. The molecule has 1 unspecified atom stereocenters. The second-order valence-electron chi connectivity index (χ2n) is 2.68. The molecule has 1 rings (SSSR count). The first-order valence-corrected chi connectivity index (χ1v) is 6.55. The zero-order chi connectivity index (χ0) is 10.4. The third-order valence-electron chi connectivity index (χ3n) is 1.48. The quantitative estimate of drug-likeness (QED) is 0.799. The number of carbonyl (C=O) groups is 1. The van der Waals surface area contributed by atoms with Gasteiger partial charge in [-0.2, -0.15) is 15.8 Å². The van der Waals surface area contributed by atoms with Gasteiger partial charge in [0.2, 0.25) is 11.1 Å². The van der Waals surface area contributed by atoms with Gasteiger partial charge in [-0.25, -0.2) is 0 Å². The van der Waals surface area contributed by atoms with E-state index in [4.69, 9.17) is 0 Å². The van der Waals surface area contributed by atoms with Crippen LogP contribution in [-0.4, -0.2) is 21.5 Å². The summed E-state index contributed by atoms with van der Waals surface area (Å²) in [7, 11) is 0. The van der Waals surface area contributed by atoms with Gasteiger partial charge in [0, 0.05) is 6.42 Å². The zero-order valence-corrected chi connectivity index (χ0v) is 9.95. The summed E-state index contributed by atoms with van der Waals surface area (Å²) in [6.45, 7) is 4.05. The number of hydrogen-bond acceptors (Lipinski definition) is 4. The molecule has 1 aliphatic rings. The minimum atomic E-state index is -0.0808. The van der Waals surface area contributed by atoms with Gasteiger partial charge in [0.15, 0.2) is 0 Å². The van der Waals surface area contributed by atoms with Gasteiger partial charge in [-0.05, 0) is 12.2 Å². The maximum atomic E-state index is 11.2. The molecule has 1 fully saturated rings. The fourth-order valence-electron chi connectivity index (χ4n) is 0.907. The molecule has 1 aliphatic heterocycles. The SMILES string of the molecule is CCCC(=O)N=C1[N]NC(SCC)S1. The van der Waals surface area contributed by atoms with Crippen LogP contribution < -0.4 is 10.9 Å². The Bertz CT molecular complexity index is 233. The van der Waals surface area contributed by atoms with E-state index in [1.807, 2.05) is 6.92 Å². The molecule has 1 amide bonds. The number of amidine groups is 1.